The maximum atomic E-state index is 12.4. The summed E-state index contributed by atoms with van der Waals surface area (Å²) in [7, 11) is 1.71. The topological polar surface area (TPSA) is 67.2 Å². The van der Waals surface area contributed by atoms with Crippen LogP contribution in [0.4, 0.5) is 0 Å². The van der Waals surface area contributed by atoms with E-state index in [4.69, 9.17) is 11.6 Å². The van der Waals surface area contributed by atoms with Crippen LogP contribution in [0.25, 0.3) is 0 Å². The number of carbonyl (C=O) groups is 1. The van der Waals surface area contributed by atoms with Crippen LogP contribution in [0.2, 0.25) is 5.15 Å². The number of amides is 1. The van der Waals surface area contributed by atoms with Crippen molar-refractivity contribution in [3.63, 3.8) is 0 Å². The minimum absolute atomic E-state index is 0.238. The van der Waals surface area contributed by atoms with Crippen LogP contribution >= 0.6 is 11.6 Å². The molecule has 0 bridgehead atoms. The quantitative estimate of drug-likeness (QED) is 0.775. The van der Waals surface area contributed by atoms with E-state index in [-0.39, 0.29) is 12.5 Å². The van der Waals surface area contributed by atoms with Gasteiger partial charge in [0.05, 0.1) is 16.9 Å². The number of nitrogens with one attached hydrogen (secondary N) is 1. The number of carbonyl (C=O) groups excluding carboxylic acids is 1. The van der Waals surface area contributed by atoms with Crippen LogP contribution in [0.3, 0.4) is 0 Å². The summed E-state index contributed by atoms with van der Waals surface area (Å²) >= 11 is 6.14. The summed E-state index contributed by atoms with van der Waals surface area (Å²) in [6, 6.07) is 0. The Labute approximate surface area is 131 Å². The molecule has 0 spiro atoms. The molecule has 0 atom stereocenters. The lowest BCUT2D eigenvalue weighted by Crippen LogP contribution is -2.43. The maximum Gasteiger partial charge on any atom is 0.256 e. The largest absolute Gasteiger partial charge is 0.388 e. The Morgan fingerprint density at radius 3 is 2.38 bits per heavy atom. The Morgan fingerprint density at radius 1 is 1.33 bits per heavy atom. The average Bonchev–Trinajstić information content (AvgIpc) is 2.72. The van der Waals surface area contributed by atoms with Crippen LogP contribution in [0.15, 0.2) is 0 Å². The minimum Gasteiger partial charge on any atom is -0.388 e. The molecule has 0 fully saturated rings. The van der Waals surface area contributed by atoms with Crippen LogP contribution < -0.4 is 5.32 Å². The van der Waals surface area contributed by atoms with Crippen LogP contribution in [-0.4, -0.2) is 32.9 Å². The number of halogens is 1. The molecular formula is C15H26ClN3O2. The molecule has 1 rings (SSSR count). The summed E-state index contributed by atoms with van der Waals surface area (Å²) in [4.78, 5) is 12.4. The fourth-order valence-electron chi connectivity index (χ4n) is 2.59. The van der Waals surface area contributed by atoms with Crippen molar-refractivity contribution in [2.45, 2.75) is 58.5 Å². The third-order valence-electron chi connectivity index (χ3n) is 3.62. The third kappa shape index (κ3) is 4.45. The normalized spacial score (nSPS) is 11.7. The highest BCUT2D eigenvalue weighted by atomic mass is 35.5. The Bertz CT molecular complexity index is 480. The zero-order chi connectivity index (χ0) is 16.0. The Morgan fingerprint density at radius 2 is 1.90 bits per heavy atom. The smallest absolute Gasteiger partial charge is 0.256 e. The number of aryl methyl sites for hydroxylation is 2. The Balaban J connectivity index is 2.82. The summed E-state index contributed by atoms with van der Waals surface area (Å²) in [5, 5.41) is 17.9. The molecule has 0 unspecified atom stereocenters. The molecular weight excluding hydrogens is 290 g/mol. The molecule has 0 aliphatic carbocycles. The minimum atomic E-state index is -0.847. The molecule has 0 saturated carbocycles. The molecule has 0 aliphatic heterocycles. The first kappa shape index (κ1) is 18.0. The molecule has 2 N–H and O–H groups in total. The number of hydrogen-bond acceptors (Lipinski definition) is 3. The van der Waals surface area contributed by atoms with Crippen molar-refractivity contribution in [2.75, 3.05) is 6.54 Å². The van der Waals surface area contributed by atoms with Crippen LogP contribution in [0, 0.1) is 0 Å². The van der Waals surface area contributed by atoms with E-state index in [9.17, 15) is 9.90 Å². The van der Waals surface area contributed by atoms with Crippen LogP contribution in [0.5, 0.6) is 0 Å². The van der Waals surface area contributed by atoms with Crippen molar-refractivity contribution in [2.24, 2.45) is 7.05 Å². The van der Waals surface area contributed by atoms with Gasteiger partial charge in [-0.15, -0.1) is 0 Å². The van der Waals surface area contributed by atoms with Gasteiger partial charge in [-0.1, -0.05) is 45.2 Å². The van der Waals surface area contributed by atoms with E-state index >= 15 is 0 Å². The van der Waals surface area contributed by atoms with Crippen molar-refractivity contribution >= 4 is 17.5 Å². The van der Waals surface area contributed by atoms with Gasteiger partial charge in [0.1, 0.15) is 5.15 Å². The Kier molecular flexibility index (Phi) is 6.68. The predicted molar refractivity (Wildman–Crippen MR) is 84.7 cm³/mol. The second kappa shape index (κ2) is 7.80. The van der Waals surface area contributed by atoms with Gasteiger partial charge >= 0.3 is 0 Å². The van der Waals surface area contributed by atoms with Crippen molar-refractivity contribution in [3.8, 4) is 0 Å². The zero-order valence-electron chi connectivity index (χ0n) is 13.4. The summed E-state index contributed by atoms with van der Waals surface area (Å²) in [5.74, 6) is -0.268. The Hall–Kier alpha value is -1.07. The highest BCUT2D eigenvalue weighted by Crippen LogP contribution is 2.21. The fraction of sp³-hybridized carbons (Fsp3) is 0.733. The predicted octanol–water partition coefficient (Wildman–Crippen LogP) is 2.70. The monoisotopic (exact) mass is 315 g/mol. The first-order chi connectivity index (χ1) is 9.88. The molecule has 5 nitrogen and oxygen atoms in total. The van der Waals surface area contributed by atoms with Gasteiger partial charge in [0.15, 0.2) is 0 Å². The molecule has 0 aliphatic rings. The summed E-state index contributed by atoms with van der Waals surface area (Å²) in [5.41, 5.74) is 0.242. The van der Waals surface area contributed by atoms with Gasteiger partial charge in [-0.3, -0.25) is 9.48 Å². The van der Waals surface area contributed by atoms with Crippen molar-refractivity contribution in [3.05, 3.63) is 16.4 Å². The third-order valence-corrected chi connectivity index (χ3v) is 4.05. The van der Waals surface area contributed by atoms with E-state index in [0.717, 1.165) is 12.8 Å². The van der Waals surface area contributed by atoms with Crippen molar-refractivity contribution in [1.29, 1.82) is 0 Å². The molecule has 0 aromatic carbocycles. The van der Waals surface area contributed by atoms with Gasteiger partial charge in [0, 0.05) is 13.6 Å². The standard InChI is InChI=1S/C15H26ClN3O2/c1-5-8-15(21,9-6-2)10-17-14(20)12-11(7-3)18-19(4)13(12)16/h21H,5-10H2,1-4H3,(H,17,20). The molecule has 1 aromatic heterocycles. The number of hydrogen-bond donors (Lipinski definition) is 2. The molecule has 0 radical (unpaired) electrons. The zero-order valence-corrected chi connectivity index (χ0v) is 14.1. The second-order valence-electron chi connectivity index (χ2n) is 5.50. The molecule has 120 valence electrons. The van der Waals surface area contributed by atoms with E-state index < -0.39 is 5.60 Å². The number of rotatable bonds is 8. The first-order valence-electron chi connectivity index (χ1n) is 7.60. The van der Waals surface area contributed by atoms with Gasteiger partial charge in [0.2, 0.25) is 0 Å². The van der Waals surface area contributed by atoms with E-state index in [1.807, 2.05) is 20.8 Å². The SMILES string of the molecule is CCCC(O)(CCC)CNC(=O)c1c(CC)nn(C)c1Cl. The lowest BCUT2D eigenvalue weighted by molar-refractivity contribution is 0.0213. The average molecular weight is 316 g/mol. The van der Waals surface area contributed by atoms with Gasteiger partial charge in [-0.2, -0.15) is 5.10 Å². The second-order valence-corrected chi connectivity index (χ2v) is 5.85. The van der Waals surface area contributed by atoms with Gasteiger partial charge in [0.25, 0.3) is 5.91 Å². The van der Waals surface area contributed by atoms with Crippen LogP contribution in [0.1, 0.15) is 62.5 Å². The van der Waals surface area contributed by atoms with Crippen LogP contribution in [-0.2, 0) is 13.5 Å². The first-order valence-corrected chi connectivity index (χ1v) is 7.98. The highest BCUT2D eigenvalue weighted by molar-refractivity contribution is 6.33. The lowest BCUT2D eigenvalue weighted by Gasteiger charge is -2.27. The molecule has 1 amide bonds. The van der Waals surface area contributed by atoms with E-state index in [1.165, 1.54) is 4.68 Å². The number of aliphatic hydroxyl groups is 1. The summed E-state index contributed by atoms with van der Waals surface area (Å²) < 4.78 is 1.50. The molecule has 6 heteroatoms. The maximum absolute atomic E-state index is 12.4. The van der Waals surface area contributed by atoms with Crippen molar-refractivity contribution in [1.82, 2.24) is 15.1 Å². The van der Waals surface area contributed by atoms with E-state index in [2.05, 4.69) is 10.4 Å². The van der Waals surface area contributed by atoms with E-state index in [0.29, 0.717) is 35.7 Å². The highest BCUT2D eigenvalue weighted by Gasteiger charge is 2.27. The van der Waals surface area contributed by atoms with Crippen molar-refractivity contribution < 1.29 is 9.90 Å². The number of aromatic nitrogens is 2. The van der Waals surface area contributed by atoms with Gasteiger partial charge < -0.3 is 10.4 Å². The summed E-state index contributed by atoms with van der Waals surface area (Å²) in [6.07, 6.45) is 3.73. The van der Waals surface area contributed by atoms with E-state index in [1.54, 1.807) is 7.05 Å². The summed E-state index contributed by atoms with van der Waals surface area (Å²) in [6.45, 7) is 6.22. The molecule has 21 heavy (non-hydrogen) atoms. The van der Waals surface area contributed by atoms with Gasteiger partial charge in [-0.05, 0) is 19.3 Å². The molecule has 1 heterocycles. The lowest BCUT2D eigenvalue weighted by atomic mass is 9.92. The molecule has 1 aromatic rings. The van der Waals surface area contributed by atoms with Gasteiger partial charge in [-0.25, -0.2) is 0 Å². The fourth-order valence-corrected chi connectivity index (χ4v) is 2.83. The number of nitrogens with zero attached hydrogens (tertiary/aromatic N) is 2. The molecule has 0 saturated heterocycles.